The Morgan fingerprint density at radius 3 is 2.32 bits per heavy atom. The smallest absolute Gasteiger partial charge is 0.336 e. The van der Waals surface area contributed by atoms with Gasteiger partial charge in [-0.1, -0.05) is 74.7 Å². The molecule has 1 aliphatic carbocycles. The molecule has 1 amide bonds. The molecule has 1 fully saturated rings. The largest absolute Gasteiger partial charge is 0.489 e. The molecule has 0 bridgehead atoms. The van der Waals surface area contributed by atoms with Crippen LogP contribution in [0.25, 0.3) is 10.9 Å². The number of H-pyrrole nitrogens is 1. The van der Waals surface area contributed by atoms with Gasteiger partial charge in [-0.25, -0.2) is 4.79 Å². The molecule has 3 aromatic carbocycles. The molecule has 0 radical (unpaired) electrons. The van der Waals surface area contributed by atoms with E-state index in [1.165, 1.54) is 0 Å². The number of aromatic nitrogens is 1. The number of fused-ring (bicyclic) bond motifs is 3. The van der Waals surface area contributed by atoms with Crippen LogP contribution >= 0.6 is 0 Å². The van der Waals surface area contributed by atoms with E-state index >= 15 is 0 Å². The third-order valence-corrected chi connectivity index (χ3v) is 9.50. The van der Waals surface area contributed by atoms with Crippen molar-refractivity contribution in [3.63, 3.8) is 0 Å². The molecule has 41 heavy (non-hydrogen) atoms. The van der Waals surface area contributed by atoms with Crippen molar-refractivity contribution in [1.29, 1.82) is 0 Å². The van der Waals surface area contributed by atoms with Crippen molar-refractivity contribution in [2.45, 2.75) is 70.1 Å². The van der Waals surface area contributed by atoms with Gasteiger partial charge in [-0.05, 0) is 60.7 Å². The van der Waals surface area contributed by atoms with Crippen molar-refractivity contribution in [2.75, 3.05) is 4.90 Å². The monoisotopic (exact) mass is 551 g/mol. The van der Waals surface area contributed by atoms with Crippen LogP contribution in [0.5, 0.6) is 5.75 Å². The number of rotatable bonds is 8. The summed E-state index contributed by atoms with van der Waals surface area (Å²) in [4.78, 5) is 32.7. The van der Waals surface area contributed by atoms with Gasteiger partial charge in [0.15, 0.2) is 5.54 Å². The number of hydrogen-bond donors (Lipinski definition) is 3. The lowest BCUT2D eigenvalue weighted by molar-refractivity contribution is -0.154. The van der Waals surface area contributed by atoms with Crippen LogP contribution in [0.15, 0.2) is 78.9 Å². The van der Waals surface area contributed by atoms with E-state index in [9.17, 15) is 14.7 Å². The second-order valence-corrected chi connectivity index (χ2v) is 11.5. The molecular weight excluding hydrogens is 514 g/mol. The van der Waals surface area contributed by atoms with E-state index in [1.54, 1.807) is 0 Å². The minimum Gasteiger partial charge on any atom is -0.489 e. The van der Waals surface area contributed by atoms with Crippen molar-refractivity contribution < 1.29 is 19.4 Å². The highest BCUT2D eigenvalue weighted by Crippen LogP contribution is 2.59. The number of hydrogen-bond acceptors (Lipinski definition) is 4. The van der Waals surface area contributed by atoms with Gasteiger partial charge in [0.25, 0.3) is 0 Å². The summed E-state index contributed by atoms with van der Waals surface area (Å²) < 4.78 is 6.03. The number of nitrogens with two attached hydrogens (primary N) is 1. The number of nitrogens with one attached hydrogen (secondary N) is 1. The molecular formula is C34H37N3O4. The second-order valence-electron chi connectivity index (χ2n) is 11.5. The lowest BCUT2D eigenvalue weighted by Crippen LogP contribution is -2.70. The topological polar surface area (TPSA) is 109 Å². The number of amides is 1. The Morgan fingerprint density at radius 2 is 1.66 bits per heavy atom. The minimum absolute atomic E-state index is 0.329. The highest BCUT2D eigenvalue weighted by Gasteiger charge is 2.66. The third-order valence-electron chi connectivity index (χ3n) is 9.50. The van der Waals surface area contributed by atoms with Gasteiger partial charge in [0.05, 0.1) is 5.69 Å². The van der Waals surface area contributed by atoms with Gasteiger partial charge in [-0.2, -0.15) is 0 Å². The summed E-state index contributed by atoms with van der Waals surface area (Å²) in [6, 6.07) is 24.4. The fourth-order valence-electron chi connectivity index (χ4n) is 7.56. The van der Waals surface area contributed by atoms with E-state index in [2.05, 4.69) is 11.9 Å². The van der Waals surface area contributed by atoms with Gasteiger partial charge in [-0.15, -0.1) is 0 Å². The molecule has 2 heterocycles. The fourth-order valence-corrected chi connectivity index (χ4v) is 7.56. The van der Waals surface area contributed by atoms with E-state index < -0.39 is 28.9 Å². The highest BCUT2D eigenvalue weighted by atomic mass is 16.5. The number of benzene rings is 3. The average Bonchev–Trinajstić information content (AvgIpc) is 3.38. The Balaban J connectivity index is 1.54. The first-order valence-corrected chi connectivity index (χ1v) is 14.6. The molecule has 2 atom stereocenters. The number of carbonyl (C=O) groups is 2. The summed E-state index contributed by atoms with van der Waals surface area (Å²) in [6.07, 6.45) is 5.46. The molecule has 212 valence electrons. The van der Waals surface area contributed by atoms with Gasteiger partial charge in [0.2, 0.25) is 5.91 Å². The van der Waals surface area contributed by atoms with Crippen LogP contribution in [-0.4, -0.2) is 28.0 Å². The quantitative estimate of drug-likeness (QED) is 0.238. The Kier molecular flexibility index (Phi) is 6.98. The van der Waals surface area contributed by atoms with Crippen LogP contribution in [0.2, 0.25) is 0 Å². The Bertz CT molecular complexity index is 1560. The maximum Gasteiger partial charge on any atom is 0.336 e. The van der Waals surface area contributed by atoms with Crippen LogP contribution in [0, 0.1) is 5.41 Å². The number of aromatic amines is 1. The zero-order valence-electron chi connectivity index (χ0n) is 23.4. The van der Waals surface area contributed by atoms with Crippen molar-refractivity contribution in [1.82, 2.24) is 4.98 Å². The normalized spacial score (nSPS) is 21.8. The summed E-state index contributed by atoms with van der Waals surface area (Å²) >= 11 is 0. The first kappa shape index (κ1) is 26.9. The summed E-state index contributed by atoms with van der Waals surface area (Å²) in [5.41, 5.74) is 8.14. The van der Waals surface area contributed by atoms with E-state index in [0.29, 0.717) is 36.6 Å². The lowest BCUT2D eigenvalue weighted by atomic mass is 9.56. The Hall–Kier alpha value is -4.26. The molecule has 0 saturated heterocycles. The van der Waals surface area contributed by atoms with Crippen molar-refractivity contribution >= 4 is 28.5 Å². The number of ether oxygens (including phenoxy) is 1. The van der Waals surface area contributed by atoms with Gasteiger partial charge in [-0.3, -0.25) is 4.79 Å². The summed E-state index contributed by atoms with van der Waals surface area (Å²) in [7, 11) is 0. The second kappa shape index (κ2) is 10.6. The standard InChI is InChI=1S/C34H37N3O4/c1-2-33(19-9-4-10-20-33)34(32(39)40)30-27(26-13-7-8-14-28(26)36-30)21-29(31(35)38)37(34)24-15-17-25(18-16-24)41-22-23-11-5-3-6-12-23/h3,5-8,11-18,29,36H,2,4,9-10,19-22H2,1H3,(H2,35,38)(H,39,40). The zero-order chi connectivity index (χ0) is 28.6. The van der Waals surface area contributed by atoms with E-state index in [0.717, 1.165) is 54.1 Å². The third kappa shape index (κ3) is 4.26. The van der Waals surface area contributed by atoms with Crippen LogP contribution in [0.4, 0.5) is 5.69 Å². The molecule has 1 saturated carbocycles. The average molecular weight is 552 g/mol. The predicted octanol–water partition coefficient (Wildman–Crippen LogP) is 6.30. The number of carboxylic acids is 1. The number of para-hydroxylation sites is 1. The maximum absolute atomic E-state index is 14.0. The number of anilines is 1. The van der Waals surface area contributed by atoms with Crippen molar-refractivity contribution in [2.24, 2.45) is 11.1 Å². The highest BCUT2D eigenvalue weighted by molar-refractivity contribution is 5.98. The minimum atomic E-state index is -1.51. The summed E-state index contributed by atoms with van der Waals surface area (Å²) in [6.45, 7) is 2.51. The molecule has 2 aliphatic rings. The Morgan fingerprint density at radius 1 is 0.976 bits per heavy atom. The van der Waals surface area contributed by atoms with E-state index in [4.69, 9.17) is 10.5 Å². The SMILES string of the molecule is CCC1(C2(C(=O)O)c3[nH]c4ccccc4c3CC(C(N)=O)N2c2ccc(OCc3ccccc3)cc2)CCCCC1. The van der Waals surface area contributed by atoms with Crippen LogP contribution in [0.3, 0.4) is 0 Å². The fraction of sp³-hybridized carbons (Fsp3) is 0.353. The van der Waals surface area contributed by atoms with Crippen LogP contribution in [-0.2, 0) is 28.2 Å². The molecule has 4 aromatic rings. The van der Waals surface area contributed by atoms with Crippen LogP contribution in [0.1, 0.15) is 62.3 Å². The van der Waals surface area contributed by atoms with Crippen molar-refractivity contribution in [3.8, 4) is 5.75 Å². The van der Waals surface area contributed by atoms with E-state index in [1.807, 2.05) is 83.8 Å². The number of carboxylic acid groups (broad SMARTS) is 1. The maximum atomic E-state index is 14.0. The molecule has 6 rings (SSSR count). The lowest BCUT2D eigenvalue weighted by Gasteiger charge is -2.59. The first-order valence-electron chi connectivity index (χ1n) is 14.6. The first-order chi connectivity index (χ1) is 19.9. The van der Waals surface area contributed by atoms with Gasteiger partial charge >= 0.3 is 5.97 Å². The summed E-state index contributed by atoms with van der Waals surface area (Å²) in [5.74, 6) is -0.817. The number of aliphatic carboxylic acids is 1. The predicted molar refractivity (Wildman–Crippen MR) is 160 cm³/mol. The molecule has 1 aromatic heterocycles. The van der Waals surface area contributed by atoms with Gasteiger partial charge in [0.1, 0.15) is 18.4 Å². The van der Waals surface area contributed by atoms with E-state index in [-0.39, 0.29) is 0 Å². The number of nitrogens with zero attached hydrogens (tertiary/aromatic N) is 1. The molecule has 7 nitrogen and oxygen atoms in total. The molecule has 2 unspecified atom stereocenters. The zero-order valence-corrected chi connectivity index (χ0v) is 23.4. The van der Waals surface area contributed by atoms with Gasteiger partial charge < -0.3 is 25.5 Å². The van der Waals surface area contributed by atoms with Crippen molar-refractivity contribution in [3.05, 3.63) is 95.7 Å². The summed E-state index contributed by atoms with van der Waals surface area (Å²) in [5, 5.41) is 12.4. The number of carbonyl (C=O) groups excluding carboxylic acids is 1. The number of primary amides is 1. The molecule has 4 N–H and O–H groups in total. The molecule has 1 aliphatic heterocycles. The van der Waals surface area contributed by atoms with Gasteiger partial charge in [0, 0.05) is 28.4 Å². The Labute approximate surface area is 240 Å². The van der Waals surface area contributed by atoms with Crippen LogP contribution < -0.4 is 15.4 Å². The molecule has 7 heteroatoms. The molecule has 0 spiro atoms.